The third-order valence-corrected chi connectivity index (χ3v) is 5.83. The summed E-state index contributed by atoms with van der Waals surface area (Å²) in [6.45, 7) is 1.42. The quantitative estimate of drug-likeness (QED) is 0.550. The lowest BCUT2D eigenvalue weighted by molar-refractivity contribution is 0.0595. The van der Waals surface area contributed by atoms with E-state index in [4.69, 9.17) is 0 Å². The van der Waals surface area contributed by atoms with Gasteiger partial charge in [-0.1, -0.05) is 0 Å². The van der Waals surface area contributed by atoms with Crippen molar-refractivity contribution in [3.8, 4) is 0 Å². The molecule has 0 unspecified atom stereocenters. The molecule has 152 valence electrons. The maximum atomic E-state index is 14.0. The number of benzene rings is 2. The second-order valence-electron chi connectivity index (χ2n) is 6.26. The van der Waals surface area contributed by atoms with Crippen molar-refractivity contribution in [2.75, 3.05) is 18.9 Å². The van der Waals surface area contributed by atoms with Crippen LogP contribution in [0.4, 0.5) is 10.1 Å². The number of aromatic nitrogens is 1. The van der Waals surface area contributed by atoms with E-state index in [2.05, 4.69) is 19.8 Å². The summed E-state index contributed by atoms with van der Waals surface area (Å²) in [6, 6.07) is 8.19. The van der Waals surface area contributed by atoms with Gasteiger partial charge in [0.25, 0.3) is 15.9 Å². The molecule has 3 rings (SSSR count). The Labute approximate surface area is 166 Å². The number of hydrogen-bond acceptors (Lipinski definition) is 5. The Morgan fingerprint density at radius 3 is 2.52 bits per heavy atom. The zero-order valence-corrected chi connectivity index (χ0v) is 16.6. The van der Waals surface area contributed by atoms with Gasteiger partial charge in [-0.3, -0.25) is 9.52 Å². The van der Waals surface area contributed by atoms with Crippen LogP contribution >= 0.6 is 0 Å². The summed E-state index contributed by atoms with van der Waals surface area (Å²) in [5.41, 5.74) is 0.877. The summed E-state index contributed by atoms with van der Waals surface area (Å²) in [5.74, 6) is -2.15. The highest BCUT2D eigenvalue weighted by Gasteiger charge is 2.23. The van der Waals surface area contributed by atoms with E-state index in [-0.39, 0.29) is 22.1 Å². The molecule has 1 amide bonds. The lowest BCUT2D eigenvalue weighted by atomic mass is 10.1. The molecule has 0 bridgehead atoms. The maximum absolute atomic E-state index is 14.0. The second-order valence-corrected chi connectivity index (χ2v) is 7.91. The highest BCUT2D eigenvalue weighted by Crippen LogP contribution is 2.25. The molecule has 0 saturated carbocycles. The number of amides is 1. The number of halogens is 1. The average Bonchev–Trinajstić information content (AvgIpc) is 3.09. The number of rotatable bonds is 5. The SMILES string of the molecule is CNC(=O)c1cc2cc(NS(=O)(=O)c3cc(C(=O)OC)c(F)cc3C)ccc2[nH]1. The number of aromatic amines is 1. The van der Waals surface area contributed by atoms with Crippen LogP contribution in [-0.4, -0.2) is 39.4 Å². The van der Waals surface area contributed by atoms with Gasteiger partial charge in [0.2, 0.25) is 0 Å². The topological polar surface area (TPSA) is 117 Å². The van der Waals surface area contributed by atoms with Crippen molar-refractivity contribution in [1.29, 1.82) is 0 Å². The van der Waals surface area contributed by atoms with E-state index in [0.29, 0.717) is 16.6 Å². The third-order valence-electron chi connectivity index (χ3n) is 4.30. The summed E-state index contributed by atoms with van der Waals surface area (Å²) in [5, 5.41) is 3.12. The Morgan fingerprint density at radius 1 is 1.14 bits per heavy atom. The number of ether oxygens (including phenoxy) is 1. The molecule has 0 atom stereocenters. The molecule has 0 saturated heterocycles. The van der Waals surface area contributed by atoms with Gasteiger partial charge < -0.3 is 15.0 Å². The first-order valence-electron chi connectivity index (χ1n) is 8.42. The Morgan fingerprint density at radius 2 is 1.86 bits per heavy atom. The van der Waals surface area contributed by atoms with Crippen LogP contribution in [0.15, 0.2) is 41.3 Å². The number of hydrogen-bond donors (Lipinski definition) is 3. The molecule has 10 heteroatoms. The van der Waals surface area contributed by atoms with Crippen molar-refractivity contribution >= 4 is 38.5 Å². The first-order valence-corrected chi connectivity index (χ1v) is 9.90. The van der Waals surface area contributed by atoms with Gasteiger partial charge >= 0.3 is 5.97 Å². The van der Waals surface area contributed by atoms with Crippen LogP contribution in [0.2, 0.25) is 0 Å². The molecule has 0 fully saturated rings. The van der Waals surface area contributed by atoms with Crippen LogP contribution in [0.1, 0.15) is 26.4 Å². The number of methoxy groups -OCH3 is 1. The van der Waals surface area contributed by atoms with Crippen molar-refractivity contribution in [3.05, 3.63) is 59.0 Å². The van der Waals surface area contributed by atoms with Crippen LogP contribution in [0.3, 0.4) is 0 Å². The number of carbonyl (C=O) groups is 2. The first kappa shape index (κ1) is 20.3. The van der Waals surface area contributed by atoms with Gasteiger partial charge in [0.15, 0.2) is 0 Å². The minimum absolute atomic E-state index is 0.132. The summed E-state index contributed by atoms with van der Waals surface area (Å²) >= 11 is 0. The molecular formula is C19H18FN3O5S. The molecule has 1 heterocycles. The molecule has 0 radical (unpaired) electrons. The van der Waals surface area contributed by atoms with Gasteiger partial charge in [-0.05, 0) is 48.9 Å². The zero-order valence-electron chi connectivity index (χ0n) is 15.8. The largest absolute Gasteiger partial charge is 0.465 e. The molecule has 2 aromatic carbocycles. The number of H-pyrrole nitrogens is 1. The summed E-state index contributed by atoms with van der Waals surface area (Å²) in [7, 11) is -1.54. The minimum atomic E-state index is -4.12. The van der Waals surface area contributed by atoms with Crippen LogP contribution in [0.25, 0.3) is 10.9 Å². The Kier molecular flexibility index (Phi) is 5.29. The number of anilines is 1. The molecule has 0 aliphatic rings. The first-order chi connectivity index (χ1) is 13.7. The van der Waals surface area contributed by atoms with Crippen LogP contribution < -0.4 is 10.0 Å². The molecule has 3 N–H and O–H groups in total. The Hall–Kier alpha value is -3.40. The van der Waals surface area contributed by atoms with Gasteiger partial charge in [0.1, 0.15) is 11.5 Å². The monoisotopic (exact) mass is 419 g/mol. The lowest BCUT2D eigenvalue weighted by Gasteiger charge is -2.12. The third kappa shape index (κ3) is 3.92. The van der Waals surface area contributed by atoms with Crippen molar-refractivity contribution in [1.82, 2.24) is 10.3 Å². The number of fused-ring (bicyclic) bond motifs is 1. The molecule has 0 aliphatic heterocycles. The highest BCUT2D eigenvalue weighted by atomic mass is 32.2. The van der Waals surface area contributed by atoms with Gasteiger partial charge in [-0.2, -0.15) is 0 Å². The molecule has 8 nitrogen and oxygen atoms in total. The van der Waals surface area contributed by atoms with Crippen molar-refractivity contribution in [2.45, 2.75) is 11.8 Å². The van der Waals surface area contributed by atoms with Gasteiger partial charge in [-0.25, -0.2) is 17.6 Å². The smallest absolute Gasteiger partial charge is 0.340 e. The summed E-state index contributed by atoms with van der Waals surface area (Å²) in [6.07, 6.45) is 0. The van der Waals surface area contributed by atoms with E-state index in [9.17, 15) is 22.4 Å². The molecule has 0 aliphatic carbocycles. The molecular weight excluding hydrogens is 401 g/mol. The number of aryl methyl sites for hydroxylation is 1. The van der Waals surface area contributed by atoms with E-state index >= 15 is 0 Å². The van der Waals surface area contributed by atoms with Gasteiger partial charge in [0.05, 0.1) is 17.6 Å². The molecule has 29 heavy (non-hydrogen) atoms. The standard InChI is InChI=1S/C19H18FN3O5S/c1-10-6-14(20)13(19(25)28-3)9-17(10)29(26,27)23-12-4-5-15-11(7-12)8-16(22-15)18(24)21-2/h4-9,22-23H,1-3H3,(H,21,24). The van der Waals surface area contributed by atoms with Crippen molar-refractivity contribution in [2.24, 2.45) is 0 Å². The fraction of sp³-hybridized carbons (Fsp3) is 0.158. The minimum Gasteiger partial charge on any atom is -0.465 e. The van der Waals surface area contributed by atoms with E-state index in [1.54, 1.807) is 18.2 Å². The van der Waals surface area contributed by atoms with Crippen LogP contribution in [0.5, 0.6) is 0 Å². The summed E-state index contributed by atoms with van der Waals surface area (Å²) in [4.78, 5) is 26.1. The molecule has 3 aromatic rings. The van der Waals surface area contributed by atoms with Crippen LogP contribution in [0, 0.1) is 12.7 Å². The fourth-order valence-electron chi connectivity index (χ4n) is 2.87. The number of sulfonamides is 1. The molecule has 0 spiro atoms. The normalized spacial score (nSPS) is 11.3. The number of carbonyl (C=O) groups excluding carboxylic acids is 2. The van der Waals surface area contributed by atoms with E-state index < -0.39 is 27.4 Å². The molecule has 1 aromatic heterocycles. The Bertz CT molecular complexity index is 1230. The Balaban J connectivity index is 1.99. The highest BCUT2D eigenvalue weighted by molar-refractivity contribution is 7.92. The maximum Gasteiger partial charge on any atom is 0.340 e. The van der Waals surface area contributed by atoms with E-state index in [0.717, 1.165) is 19.2 Å². The average molecular weight is 419 g/mol. The number of esters is 1. The van der Waals surface area contributed by atoms with E-state index in [1.807, 2.05) is 0 Å². The second kappa shape index (κ2) is 7.55. The lowest BCUT2D eigenvalue weighted by Crippen LogP contribution is -2.17. The summed E-state index contributed by atoms with van der Waals surface area (Å²) < 4.78 is 46.6. The predicted octanol–water partition coefficient (Wildman–Crippen LogP) is 2.56. The van der Waals surface area contributed by atoms with Gasteiger partial charge in [-0.15, -0.1) is 0 Å². The van der Waals surface area contributed by atoms with Crippen molar-refractivity contribution < 1.29 is 27.1 Å². The van der Waals surface area contributed by atoms with Gasteiger partial charge in [0, 0.05) is 23.6 Å². The van der Waals surface area contributed by atoms with E-state index in [1.165, 1.54) is 20.0 Å². The predicted molar refractivity (Wildman–Crippen MR) is 105 cm³/mol. The van der Waals surface area contributed by atoms with Crippen molar-refractivity contribution in [3.63, 3.8) is 0 Å². The number of nitrogens with one attached hydrogen (secondary N) is 3. The fourth-order valence-corrected chi connectivity index (χ4v) is 4.18. The zero-order chi connectivity index (χ0) is 21.3. The van der Waals surface area contributed by atoms with Crippen LogP contribution in [-0.2, 0) is 14.8 Å².